The Morgan fingerprint density at radius 1 is 1.41 bits per heavy atom. The van der Waals surface area contributed by atoms with E-state index in [9.17, 15) is 13.2 Å². The van der Waals surface area contributed by atoms with Gasteiger partial charge in [-0.25, -0.2) is 4.98 Å². The second kappa shape index (κ2) is 4.38. The fourth-order valence-corrected chi connectivity index (χ4v) is 1.32. The quantitative estimate of drug-likeness (QED) is 0.887. The van der Waals surface area contributed by atoms with Gasteiger partial charge in [0.1, 0.15) is 11.6 Å². The summed E-state index contributed by atoms with van der Waals surface area (Å²) in [5.41, 5.74) is 0. The highest BCUT2D eigenvalue weighted by molar-refractivity contribution is 5.38. The first-order valence-corrected chi connectivity index (χ1v) is 5.24. The first-order chi connectivity index (χ1) is 7.98. The Morgan fingerprint density at radius 3 is 2.65 bits per heavy atom. The summed E-state index contributed by atoms with van der Waals surface area (Å²) < 4.78 is 40.6. The summed E-state index contributed by atoms with van der Waals surface area (Å²) in [6, 6.07) is 1.36. The lowest BCUT2D eigenvalue weighted by atomic mass is 10.4. The Morgan fingerprint density at radius 2 is 2.12 bits per heavy atom. The van der Waals surface area contributed by atoms with Gasteiger partial charge in [0.05, 0.1) is 0 Å². The summed E-state index contributed by atoms with van der Waals surface area (Å²) in [5.74, 6) is 1.24. The molecular formula is C10H12F3N3O. The molecule has 0 unspecified atom stereocenters. The number of hydrogen-bond donors (Lipinski definition) is 1. The summed E-state index contributed by atoms with van der Waals surface area (Å²) in [4.78, 5) is 8.15. The Kier molecular flexibility index (Phi) is 3.08. The van der Waals surface area contributed by atoms with Crippen LogP contribution in [0.3, 0.4) is 0 Å². The number of anilines is 1. The fourth-order valence-electron chi connectivity index (χ4n) is 1.32. The van der Waals surface area contributed by atoms with Crippen LogP contribution >= 0.6 is 0 Å². The molecule has 0 spiro atoms. The third-order valence-electron chi connectivity index (χ3n) is 2.30. The van der Waals surface area contributed by atoms with Gasteiger partial charge in [-0.05, 0) is 12.8 Å². The fraction of sp³-hybridized carbons (Fsp3) is 0.600. The molecule has 0 saturated heterocycles. The molecule has 1 N–H and O–H groups in total. The van der Waals surface area contributed by atoms with Gasteiger partial charge in [-0.1, -0.05) is 0 Å². The highest BCUT2D eigenvalue weighted by atomic mass is 19.4. The van der Waals surface area contributed by atoms with Crippen molar-refractivity contribution in [3.63, 3.8) is 0 Å². The van der Waals surface area contributed by atoms with Crippen molar-refractivity contribution in [2.75, 3.05) is 19.0 Å². The third-order valence-corrected chi connectivity index (χ3v) is 2.30. The minimum absolute atomic E-state index is 0.0384. The van der Waals surface area contributed by atoms with E-state index in [2.05, 4.69) is 20.0 Å². The topological polar surface area (TPSA) is 47.0 Å². The molecule has 1 aromatic rings. The average molecular weight is 247 g/mol. The van der Waals surface area contributed by atoms with E-state index in [0.717, 1.165) is 12.8 Å². The van der Waals surface area contributed by atoms with Crippen molar-refractivity contribution in [3.8, 4) is 5.88 Å². The van der Waals surface area contributed by atoms with Crippen molar-refractivity contribution >= 4 is 5.82 Å². The Bertz CT molecular complexity index is 404. The van der Waals surface area contributed by atoms with Crippen LogP contribution in [0.25, 0.3) is 0 Å². The van der Waals surface area contributed by atoms with Gasteiger partial charge in [-0.3, -0.25) is 0 Å². The van der Waals surface area contributed by atoms with E-state index in [4.69, 9.17) is 0 Å². The largest absolute Gasteiger partial charge is 0.468 e. The summed E-state index contributed by atoms with van der Waals surface area (Å²) in [6.07, 6.45) is -2.40. The van der Waals surface area contributed by atoms with E-state index in [-0.39, 0.29) is 11.8 Å². The van der Waals surface area contributed by atoms with Crippen molar-refractivity contribution < 1.29 is 17.9 Å². The minimum Gasteiger partial charge on any atom is -0.468 e. The number of ether oxygens (including phenoxy) is 1. The van der Waals surface area contributed by atoms with Crippen molar-refractivity contribution in [1.82, 2.24) is 9.97 Å². The predicted molar refractivity (Wildman–Crippen MR) is 55.1 cm³/mol. The summed E-state index contributed by atoms with van der Waals surface area (Å²) in [7, 11) is 1.65. The molecule has 0 radical (unpaired) electrons. The lowest BCUT2D eigenvalue weighted by Gasteiger charge is -2.10. The molecule has 1 saturated carbocycles. The Labute approximate surface area is 96.2 Å². The van der Waals surface area contributed by atoms with E-state index >= 15 is 0 Å². The van der Waals surface area contributed by atoms with Crippen LogP contribution in [0.1, 0.15) is 24.6 Å². The van der Waals surface area contributed by atoms with Crippen LogP contribution in [-0.2, 0) is 0 Å². The first-order valence-electron chi connectivity index (χ1n) is 5.24. The number of alkyl halides is 3. The average Bonchev–Trinajstić information content (AvgIpc) is 3.08. The highest BCUT2D eigenvalue weighted by Gasteiger charge is 2.30. The lowest BCUT2D eigenvalue weighted by molar-refractivity contribution is -0.154. The smallest absolute Gasteiger partial charge is 0.422 e. The summed E-state index contributed by atoms with van der Waals surface area (Å²) >= 11 is 0. The van der Waals surface area contributed by atoms with Crippen molar-refractivity contribution in [3.05, 3.63) is 11.9 Å². The zero-order valence-corrected chi connectivity index (χ0v) is 9.21. The van der Waals surface area contributed by atoms with Gasteiger partial charge in [0, 0.05) is 19.0 Å². The van der Waals surface area contributed by atoms with Crippen LogP contribution in [-0.4, -0.2) is 29.8 Å². The van der Waals surface area contributed by atoms with Gasteiger partial charge in [0.15, 0.2) is 6.61 Å². The Hall–Kier alpha value is -1.53. The number of halogens is 3. The zero-order valence-electron chi connectivity index (χ0n) is 9.21. The van der Waals surface area contributed by atoms with E-state index in [1.807, 2.05) is 0 Å². The minimum atomic E-state index is -4.36. The van der Waals surface area contributed by atoms with Gasteiger partial charge < -0.3 is 10.1 Å². The normalized spacial score (nSPS) is 15.8. The second-order valence-corrected chi connectivity index (χ2v) is 3.88. The molecule has 94 valence electrons. The monoisotopic (exact) mass is 247 g/mol. The van der Waals surface area contributed by atoms with Crippen LogP contribution in [0.2, 0.25) is 0 Å². The molecule has 2 rings (SSSR count). The standard InChI is InChI=1S/C10H12F3N3O/c1-14-7-4-8(17-5-10(11,12)13)16-9(15-7)6-2-3-6/h4,6H,2-3,5H2,1H3,(H,14,15,16). The number of rotatable bonds is 4. The number of nitrogens with zero attached hydrogens (tertiary/aromatic N) is 2. The van der Waals surface area contributed by atoms with Gasteiger partial charge in [-0.2, -0.15) is 18.2 Å². The molecule has 17 heavy (non-hydrogen) atoms. The van der Waals surface area contributed by atoms with E-state index in [1.165, 1.54) is 6.07 Å². The van der Waals surface area contributed by atoms with Crippen LogP contribution in [0.4, 0.5) is 19.0 Å². The molecule has 4 nitrogen and oxygen atoms in total. The third kappa shape index (κ3) is 3.47. The van der Waals surface area contributed by atoms with Gasteiger partial charge in [0.2, 0.25) is 5.88 Å². The van der Waals surface area contributed by atoms with E-state index in [0.29, 0.717) is 11.6 Å². The number of aromatic nitrogens is 2. The van der Waals surface area contributed by atoms with Crippen LogP contribution in [0.15, 0.2) is 6.07 Å². The maximum atomic E-state index is 12.0. The molecule has 0 bridgehead atoms. The van der Waals surface area contributed by atoms with E-state index < -0.39 is 12.8 Å². The van der Waals surface area contributed by atoms with Crippen LogP contribution in [0.5, 0.6) is 5.88 Å². The maximum absolute atomic E-state index is 12.0. The zero-order chi connectivity index (χ0) is 12.5. The molecule has 1 aliphatic carbocycles. The lowest BCUT2D eigenvalue weighted by Crippen LogP contribution is -2.20. The van der Waals surface area contributed by atoms with Gasteiger partial charge >= 0.3 is 6.18 Å². The molecule has 1 aliphatic rings. The van der Waals surface area contributed by atoms with Crippen LogP contribution < -0.4 is 10.1 Å². The van der Waals surface area contributed by atoms with Crippen LogP contribution in [0, 0.1) is 0 Å². The van der Waals surface area contributed by atoms with Crippen molar-refractivity contribution in [2.24, 2.45) is 0 Å². The van der Waals surface area contributed by atoms with Gasteiger partial charge in [-0.15, -0.1) is 0 Å². The molecule has 0 aromatic carbocycles. The molecule has 7 heteroatoms. The molecule has 1 fully saturated rings. The first kappa shape index (κ1) is 11.9. The molecule has 1 heterocycles. The number of hydrogen-bond acceptors (Lipinski definition) is 4. The van der Waals surface area contributed by atoms with Gasteiger partial charge in [0.25, 0.3) is 0 Å². The second-order valence-electron chi connectivity index (χ2n) is 3.88. The molecule has 0 amide bonds. The molecule has 0 atom stereocenters. The SMILES string of the molecule is CNc1cc(OCC(F)(F)F)nc(C2CC2)n1. The number of nitrogens with one attached hydrogen (secondary N) is 1. The Balaban J connectivity index is 2.12. The predicted octanol–water partition coefficient (Wildman–Crippen LogP) is 2.34. The summed E-state index contributed by atoms with van der Waals surface area (Å²) in [6.45, 7) is -1.34. The van der Waals surface area contributed by atoms with Crippen molar-refractivity contribution in [2.45, 2.75) is 24.9 Å². The highest BCUT2D eigenvalue weighted by Crippen LogP contribution is 2.39. The molecule has 1 aromatic heterocycles. The summed E-state index contributed by atoms with van der Waals surface area (Å²) in [5, 5.41) is 2.78. The maximum Gasteiger partial charge on any atom is 0.422 e. The van der Waals surface area contributed by atoms with E-state index in [1.54, 1.807) is 7.05 Å². The molecule has 0 aliphatic heterocycles. The van der Waals surface area contributed by atoms with Crippen molar-refractivity contribution in [1.29, 1.82) is 0 Å². The molecular weight excluding hydrogens is 235 g/mol.